The van der Waals surface area contributed by atoms with Crippen LogP contribution in [0.2, 0.25) is 0 Å². The maximum atomic E-state index is 13.2. The molecule has 4 rings (SSSR count). The van der Waals surface area contributed by atoms with Crippen LogP contribution in [0.25, 0.3) is 16.6 Å². The van der Waals surface area contributed by atoms with Crippen LogP contribution in [0.15, 0.2) is 61.2 Å². The summed E-state index contributed by atoms with van der Waals surface area (Å²) in [4.78, 5) is 21.3. The topological polar surface area (TPSA) is 92.9 Å². The Morgan fingerprint density at radius 1 is 1.16 bits per heavy atom. The molecule has 0 saturated heterocycles. The number of hydrogen-bond acceptors (Lipinski definition) is 5. The number of aliphatic hydroxyl groups is 1. The predicted octanol–water partition coefficient (Wildman–Crippen LogP) is 4.35. The molecule has 0 spiro atoms. The molecule has 0 fully saturated rings. The highest BCUT2D eigenvalue weighted by Crippen LogP contribution is 2.23. The first-order chi connectivity index (χ1) is 15.6. The highest BCUT2D eigenvalue weighted by molar-refractivity contribution is 6.06. The number of nitrogens with zero attached hydrogens (tertiary/aromatic N) is 4. The SMILES string of the molecule is CC.CCC(NC(=O)c1cncc2c1cnn2-c1ccc(F)cc1)c1ccnc(CO)c1. The number of aliphatic hydroxyl groups excluding tert-OH is 1. The first-order valence-electron chi connectivity index (χ1n) is 10.5. The van der Waals surface area contributed by atoms with E-state index >= 15 is 0 Å². The number of amides is 1. The van der Waals surface area contributed by atoms with Crippen LogP contribution in [0.5, 0.6) is 0 Å². The number of rotatable bonds is 6. The van der Waals surface area contributed by atoms with Crippen molar-refractivity contribution in [2.45, 2.75) is 39.8 Å². The van der Waals surface area contributed by atoms with E-state index in [2.05, 4.69) is 20.4 Å². The molecular formula is C24H26FN5O2. The molecule has 7 nitrogen and oxygen atoms in total. The molecule has 0 bridgehead atoms. The molecule has 1 atom stereocenters. The van der Waals surface area contributed by atoms with Gasteiger partial charge in [-0.2, -0.15) is 5.10 Å². The van der Waals surface area contributed by atoms with Crippen LogP contribution < -0.4 is 5.32 Å². The fraction of sp³-hybridized carbons (Fsp3) is 0.250. The summed E-state index contributed by atoms with van der Waals surface area (Å²) in [5, 5.41) is 17.3. The number of halogens is 1. The average Bonchev–Trinajstić information content (AvgIpc) is 3.28. The number of hydrogen-bond donors (Lipinski definition) is 2. The van der Waals surface area contributed by atoms with Crippen LogP contribution in [0, 0.1) is 5.82 Å². The number of carbonyl (C=O) groups is 1. The lowest BCUT2D eigenvalue weighted by molar-refractivity contribution is 0.0937. The molecule has 3 heterocycles. The molecule has 0 aliphatic rings. The van der Waals surface area contributed by atoms with Gasteiger partial charge in [-0.1, -0.05) is 20.8 Å². The minimum atomic E-state index is -0.334. The molecule has 0 aliphatic carbocycles. The summed E-state index contributed by atoms with van der Waals surface area (Å²) in [5.41, 5.74) is 3.13. The van der Waals surface area contributed by atoms with E-state index in [4.69, 9.17) is 0 Å². The number of carbonyl (C=O) groups excluding carboxylic acids is 1. The van der Waals surface area contributed by atoms with Crippen LogP contribution in [-0.2, 0) is 6.61 Å². The molecular weight excluding hydrogens is 409 g/mol. The largest absolute Gasteiger partial charge is 0.390 e. The minimum Gasteiger partial charge on any atom is -0.390 e. The first kappa shape index (κ1) is 23.0. The highest BCUT2D eigenvalue weighted by Gasteiger charge is 2.19. The van der Waals surface area contributed by atoms with Gasteiger partial charge < -0.3 is 10.4 Å². The van der Waals surface area contributed by atoms with E-state index in [1.54, 1.807) is 41.5 Å². The third-order valence-corrected chi connectivity index (χ3v) is 4.93. The Kier molecular flexibility index (Phi) is 7.62. The lowest BCUT2D eigenvalue weighted by Crippen LogP contribution is -2.28. The summed E-state index contributed by atoms with van der Waals surface area (Å²) in [5.74, 6) is -0.611. The monoisotopic (exact) mass is 435 g/mol. The van der Waals surface area contributed by atoms with Crippen molar-refractivity contribution in [3.63, 3.8) is 0 Å². The van der Waals surface area contributed by atoms with Gasteiger partial charge in [0.15, 0.2) is 0 Å². The summed E-state index contributed by atoms with van der Waals surface area (Å²) in [6.07, 6.45) is 7.01. The zero-order chi connectivity index (χ0) is 23.1. The van der Waals surface area contributed by atoms with Gasteiger partial charge in [-0.25, -0.2) is 9.07 Å². The van der Waals surface area contributed by atoms with E-state index in [1.807, 2.05) is 26.8 Å². The molecule has 1 aromatic carbocycles. The zero-order valence-corrected chi connectivity index (χ0v) is 18.3. The number of fused-ring (bicyclic) bond motifs is 1. The Labute approximate surface area is 186 Å². The lowest BCUT2D eigenvalue weighted by atomic mass is 10.0. The van der Waals surface area contributed by atoms with Crippen LogP contribution >= 0.6 is 0 Å². The number of nitrogens with one attached hydrogen (secondary N) is 1. The van der Waals surface area contributed by atoms with Crippen molar-refractivity contribution in [3.05, 3.63) is 83.8 Å². The van der Waals surface area contributed by atoms with Gasteiger partial charge in [0, 0.05) is 17.8 Å². The van der Waals surface area contributed by atoms with E-state index in [-0.39, 0.29) is 24.4 Å². The highest BCUT2D eigenvalue weighted by atomic mass is 19.1. The van der Waals surface area contributed by atoms with Crippen molar-refractivity contribution in [3.8, 4) is 5.69 Å². The van der Waals surface area contributed by atoms with Gasteiger partial charge in [0.05, 0.1) is 47.5 Å². The summed E-state index contributed by atoms with van der Waals surface area (Å²) < 4.78 is 14.9. The zero-order valence-electron chi connectivity index (χ0n) is 18.3. The quantitative estimate of drug-likeness (QED) is 0.470. The Balaban J connectivity index is 0.00000141. The molecule has 0 radical (unpaired) electrons. The molecule has 3 aromatic heterocycles. The van der Waals surface area contributed by atoms with Gasteiger partial charge in [-0.15, -0.1) is 0 Å². The fourth-order valence-electron chi connectivity index (χ4n) is 3.37. The van der Waals surface area contributed by atoms with Crippen molar-refractivity contribution >= 4 is 16.8 Å². The van der Waals surface area contributed by atoms with Gasteiger partial charge in [0.2, 0.25) is 0 Å². The van der Waals surface area contributed by atoms with Gasteiger partial charge in [0.1, 0.15) is 5.82 Å². The number of aromatic nitrogens is 4. The normalized spacial score (nSPS) is 11.5. The molecule has 2 N–H and O–H groups in total. The predicted molar refractivity (Wildman–Crippen MR) is 121 cm³/mol. The molecule has 1 unspecified atom stereocenters. The van der Waals surface area contributed by atoms with E-state index in [0.29, 0.717) is 34.3 Å². The minimum absolute atomic E-state index is 0.163. The third kappa shape index (κ3) is 4.81. The van der Waals surface area contributed by atoms with E-state index < -0.39 is 0 Å². The van der Waals surface area contributed by atoms with Crippen LogP contribution in [0.4, 0.5) is 4.39 Å². The summed E-state index contributed by atoms with van der Waals surface area (Å²) in [7, 11) is 0. The van der Waals surface area contributed by atoms with Crippen molar-refractivity contribution in [1.82, 2.24) is 25.1 Å². The van der Waals surface area contributed by atoms with Gasteiger partial charge in [-0.05, 0) is 48.4 Å². The van der Waals surface area contributed by atoms with Crippen molar-refractivity contribution < 1.29 is 14.3 Å². The number of pyridine rings is 2. The second-order valence-corrected chi connectivity index (χ2v) is 6.83. The molecule has 1 amide bonds. The standard InChI is InChI=1S/C22H20FN5O2.C2H6/c1-2-20(14-7-8-25-16(9-14)13-29)27-22(30)19-10-24-12-21-18(19)11-26-28(21)17-5-3-15(23)4-6-17;1-2/h3-12,20,29H,2,13H2,1H3,(H,27,30);1-2H3. The maximum Gasteiger partial charge on any atom is 0.254 e. The van der Waals surface area contributed by atoms with Gasteiger partial charge >= 0.3 is 0 Å². The molecule has 8 heteroatoms. The van der Waals surface area contributed by atoms with Crippen molar-refractivity contribution in [2.75, 3.05) is 0 Å². The smallest absolute Gasteiger partial charge is 0.254 e. The van der Waals surface area contributed by atoms with Crippen LogP contribution in [0.1, 0.15) is 54.8 Å². The Hall–Kier alpha value is -3.65. The summed E-state index contributed by atoms with van der Waals surface area (Å²) in [6, 6.07) is 9.29. The Bertz CT molecular complexity index is 1190. The third-order valence-electron chi connectivity index (χ3n) is 4.93. The molecule has 0 saturated carbocycles. The van der Waals surface area contributed by atoms with Crippen LogP contribution in [0.3, 0.4) is 0 Å². The van der Waals surface area contributed by atoms with Gasteiger partial charge in [-0.3, -0.25) is 14.8 Å². The molecule has 0 aliphatic heterocycles. The second-order valence-electron chi connectivity index (χ2n) is 6.83. The van der Waals surface area contributed by atoms with Crippen molar-refractivity contribution in [1.29, 1.82) is 0 Å². The number of benzene rings is 1. The lowest BCUT2D eigenvalue weighted by Gasteiger charge is -2.18. The second kappa shape index (κ2) is 10.6. The fourth-order valence-corrected chi connectivity index (χ4v) is 3.37. The molecule has 166 valence electrons. The van der Waals surface area contributed by atoms with Crippen molar-refractivity contribution in [2.24, 2.45) is 0 Å². The Morgan fingerprint density at radius 2 is 1.91 bits per heavy atom. The van der Waals surface area contributed by atoms with E-state index in [1.165, 1.54) is 18.3 Å². The summed E-state index contributed by atoms with van der Waals surface area (Å²) >= 11 is 0. The molecule has 32 heavy (non-hydrogen) atoms. The average molecular weight is 436 g/mol. The Morgan fingerprint density at radius 3 is 2.59 bits per heavy atom. The van der Waals surface area contributed by atoms with E-state index in [0.717, 1.165) is 5.56 Å². The molecule has 4 aromatic rings. The van der Waals surface area contributed by atoms with Gasteiger partial charge in [0.25, 0.3) is 5.91 Å². The first-order valence-corrected chi connectivity index (χ1v) is 10.5. The van der Waals surface area contributed by atoms with E-state index in [9.17, 15) is 14.3 Å². The maximum absolute atomic E-state index is 13.2. The van der Waals surface area contributed by atoms with Crippen LogP contribution in [-0.4, -0.2) is 30.8 Å². The summed E-state index contributed by atoms with van der Waals surface area (Å²) in [6.45, 7) is 5.80.